The van der Waals surface area contributed by atoms with E-state index < -0.39 is 0 Å². The average molecular weight is 380 g/mol. The summed E-state index contributed by atoms with van der Waals surface area (Å²) in [5.74, 6) is 1.07. The zero-order chi connectivity index (χ0) is 18.8. The number of amides is 2. The summed E-state index contributed by atoms with van der Waals surface area (Å²) in [4.78, 5) is 27.5. The normalized spacial score (nSPS) is 14.9. The van der Waals surface area contributed by atoms with Crippen LogP contribution in [0.1, 0.15) is 25.1 Å². The Labute approximate surface area is 161 Å². The highest BCUT2D eigenvalue weighted by Crippen LogP contribution is 2.34. The fourth-order valence-corrected chi connectivity index (χ4v) is 4.15. The predicted octanol–water partition coefficient (Wildman–Crippen LogP) is 4.14. The lowest BCUT2D eigenvalue weighted by Gasteiger charge is -2.28. The molecule has 3 aromatic rings. The second kappa shape index (κ2) is 7.48. The number of anilines is 1. The lowest BCUT2D eigenvalue weighted by molar-refractivity contribution is -0.121. The second-order valence-corrected chi connectivity index (χ2v) is 7.54. The molecule has 2 aromatic carbocycles. The molecule has 0 saturated carbocycles. The highest BCUT2D eigenvalue weighted by atomic mass is 32.2. The Morgan fingerprint density at radius 2 is 2.00 bits per heavy atom. The van der Waals surface area contributed by atoms with Gasteiger partial charge in [-0.25, -0.2) is 0 Å². The summed E-state index contributed by atoms with van der Waals surface area (Å²) in [7, 11) is 0. The van der Waals surface area contributed by atoms with Gasteiger partial charge in [0, 0.05) is 23.2 Å². The molecule has 1 aliphatic heterocycles. The summed E-state index contributed by atoms with van der Waals surface area (Å²) >= 11 is 1.54. The lowest BCUT2D eigenvalue weighted by atomic mass is 10.2. The number of nitrogens with one attached hydrogen (secondary N) is 1. The highest BCUT2D eigenvalue weighted by Gasteiger charge is 2.25. The minimum Gasteiger partial charge on any atom is -0.459 e. The molecule has 1 atom stereocenters. The molecule has 0 fully saturated rings. The number of furan rings is 1. The van der Waals surface area contributed by atoms with Crippen LogP contribution >= 0.6 is 11.8 Å². The van der Waals surface area contributed by atoms with E-state index in [1.807, 2.05) is 61.5 Å². The van der Waals surface area contributed by atoms with E-state index in [-0.39, 0.29) is 24.3 Å². The number of carbonyl (C=O) groups is 2. The number of carbonyl (C=O) groups excluding carboxylic acids is 2. The average Bonchev–Trinajstić information content (AvgIpc) is 3.11. The molecule has 27 heavy (non-hydrogen) atoms. The smallest absolute Gasteiger partial charge is 0.237 e. The van der Waals surface area contributed by atoms with Crippen LogP contribution in [0.5, 0.6) is 0 Å². The monoisotopic (exact) mass is 380 g/mol. The maximum Gasteiger partial charge on any atom is 0.237 e. The van der Waals surface area contributed by atoms with Crippen molar-refractivity contribution in [2.45, 2.75) is 24.3 Å². The number of hydrogen-bond donors (Lipinski definition) is 1. The fourth-order valence-electron chi connectivity index (χ4n) is 3.21. The molecule has 0 bridgehead atoms. The molecule has 0 aliphatic carbocycles. The Morgan fingerprint density at radius 1 is 1.22 bits per heavy atom. The van der Waals surface area contributed by atoms with Gasteiger partial charge in [0.1, 0.15) is 11.3 Å². The quantitative estimate of drug-likeness (QED) is 0.723. The van der Waals surface area contributed by atoms with Gasteiger partial charge in [0.15, 0.2) is 0 Å². The van der Waals surface area contributed by atoms with E-state index in [9.17, 15) is 9.59 Å². The first kappa shape index (κ1) is 17.7. The van der Waals surface area contributed by atoms with Crippen LogP contribution in [0, 0.1) is 0 Å². The molecule has 2 amide bonds. The number of hydrogen-bond acceptors (Lipinski definition) is 4. The Morgan fingerprint density at radius 3 is 2.85 bits per heavy atom. The van der Waals surface area contributed by atoms with Gasteiger partial charge in [-0.15, -0.1) is 11.8 Å². The van der Waals surface area contributed by atoms with Crippen LogP contribution in [0.15, 0.2) is 63.9 Å². The predicted molar refractivity (Wildman–Crippen MR) is 107 cm³/mol. The molecular formula is C21H20N2O3S. The Balaban J connectivity index is 1.39. The largest absolute Gasteiger partial charge is 0.459 e. The van der Waals surface area contributed by atoms with E-state index >= 15 is 0 Å². The van der Waals surface area contributed by atoms with E-state index in [1.54, 1.807) is 16.7 Å². The number of thioether (sulfide) groups is 1. The topological polar surface area (TPSA) is 62.6 Å². The lowest BCUT2D eigenvalue weighted by Crippen LogP contribution is -2.38. The van der Waals surface area contributed by atoms with Gasteiger partial charge >= 0.3 is 0 Å². The van der Waals surface area contributed by atoms with Crippen molar-refractivity contribution in [3.8, 4) is 0 Å². The molecule has 5 nitrogen and oxygen atoms in total. The highest BCUT2D eigenvalue weighted by molar-refractivity contribution is 8.00. The van der Waals surface area contributed by atoms with Crippen molar-refractivity contribution in [1.82, 2.24) is 5.32 Å². The number of para-hydroxylation sites is 2. The third-order valence-electron chi connectivity index (χ3n) is 4.62. The van der Waals surface area contributed by atoms with Crippen molar-refractivity contribution in [2.75, 3.05) is 17.2 Å². The van der Waals surface area contributed by atoms with Crippen LogP contribution in [0.25, 0.3) is 11.0 Å². The van der Waals surface area contributed by atoms with Crippen molar-refractivity contribution in [3.05, 3.63) is 60.4 Å². The summed E-state index contributed by atoms with van der Waals surface area (Å²) in [5.41, 5.74) is 1.69. The summed E-state index contributed by atoms with van der Waals surface area (Å²) in [6.07, 6.45) is 0.245. The first-order valence-corrected chi connectivity index (χ1v) is 9.90. The zero-order valence-electron chi connectivity index (χ0n) is 15.0. The van der Waals surface area contributed by atoms with Crippen LogP contribution in [0.2, 0.25) is 0 Å². The van der Waals surface area contributed by atoms with Gasteiger partial charge in [0.05, 0.1) is 17.5 Å². The van der Waals surface area contributed by atoms with E-state index in [0.717, 1.165) is 27.3 Å². The maximum atomic E-state index is 12.4. The van der Waals surface area contributed by atoms with Crippen LogP contribution in [0.4, 0.5) is 5.69 Å². The van der Waals surface area contributed by atoms with E-state index in [4.69, 9.17) is 4.42 Å². The van der Waals surface area contributed by atoms with E-state index in [0.29, 0.717) is 12.3 Å². The fraction of sp³-hybridized carbons (Fsp3) is 0.238. The molecule has 2 heterocycles. The van der Waals surface area contributed by atoms with E-state index in [2.05, 4.69) is 5.32 Å². The zero-order valence-corrected chi connectivity index (χ0v) is 15.8. The van der Waals surface area contributed by atoms with Crippen molar-refractivity contribution in [1.29, 1.82) is 0 Å². The number of fused-ring (bicyclic) bond motifs is 2. The molecule has 138 valence electrons. The number of benzene rings is 2. The first-order chi connectivity index (χ1) is 13.1. The molecule has 6 heteroatoms. The van der Waals surface area contributed by atoms with Gasteiger partial charge in [-0.3, -0.25) is 9.59 Å². The molecule has 1 aromatic heterocycles. The van der Waals surface area contributed by atoms with Gasteiger partial charge in [-0.05, 0) is 31.2 Å². The van der Waals surface area contributed by atoms with Crippen molar-refractivity contribution in [2.24, 2.45) is 0 Å². The maximum absolute atomic E-state index is 12.4. The van der Waals surface area contributed by atoms with Crippen LogP contribution < -0.4 is 10.2 Å². The molecular weight excluding hydrogens is 360 g/mol. The molecule has 1 N–H and O–H groups in total. The Hall–Kier alpha value is -2.73. The van der Waals surface area contributed by atoms with E-state index in [1.165, 1.54) is 0 Å². The summed E-state index contributed by atoms with van der Waals surface area (Å²) in [6, 6.07) is 17.3. The number of rotatable bonds is 5. The van der Waals surface area contributed by atoms with Gasteiger partial charge < -0.3 is 14.6 Å². The van der Waals surface area contributed by atoms with Crippen molar-refractivity contribution < 1.29 is 14.0 Å². The van der Waals surface area contributed by atoms with Crippen molar-refractivity contribution >= 4 is 40.2 Å². The molecule has 0 spiro atoms. The molecule has 0 radical (unpaired) electrons. The Kier molecular flexibility index (Phi) is 4.90. The molecule has 0 saturated heterocycles. The molecule has 4 rings (SSSR count). The van der Waals surface area contributed by atoms with Crippen LogP contribution in [0.3, 0.4) is 0 Å². The Bertz CT molecular complexity index is 965. The first-order valence-electron chi connectivity index (χ1n) is 8.92. The summed E-state index contributed by atoms with van der Waals surface area (Å²) < 4.78 is 5.81. The summed E-state index contributed by atoms with van der Waals surface area (Å²) in [5, 5.41) is 3.98. The van der Waals surface area contributed by atoms with Gasteiger partial charge in [-0.2, -0.15) is 0 Å². The SMILES string of the molecule is C[C@H](NC(=O)CCN1C(=O)CSc2ccccc21)c1cc2ccccc2o1. The third-order valence-corrected chi connectivity index (χ3v) is 5.67. The number of nitrogens with zero attached hydrogens (tertiary/aromatic N) is 1. The van der Waals surface area contributed by atoms with Gasteiger partial charge in [0.25, 0.3) is 0 Å². The van der Waals surface area contributed by atoms with Gasteiger partial charge in [0.2, 0.25) is 11.8 Å². The van der Waals surface area contributed by atoms with Gasteiger partial charge in [-0.1, -0.05) is 30.3 Å². The molecule has 1 aliphatic rings. The van der Waals surface area contributed by atoms with Crippen LogP contribution in [-0.4, -0.2) is 24.1 Å². The van der Waals surface area contributed by atoms with Crippen molar-refractivity contribution in [3.63, 3.8) is 0 Å². The second-order valence-electron chi connectivity index (χ2n) is 6.53. The van der Waals surface area contributed by atoms with Crippen LogP contribution in [-0.2, 0) is 9.59 Å². The minimum atomic E-state index is -0.232. The standard InChI is InChI=1S/C21H20N2O3S/c1-14(18-12-15-6-2-4-8-17(15)26-18)22-20(24)10-11-23-16-7-3-5-9-19(16)27-13-21(23)25/h2-9,12,14H,10-11,13H2,1H3,(H,22,24)/t14-/m0/s1. The summed E-state index contributed by atoms with van der Waals surface area (Å²) in [6.45, 7) is 2.27. The third kappa shape index (κ3) is 3.71. The molecule has 0 unspecified atom stereocenters. The minimum absolute atomic E-state index is 0.0387.